The van der Waals surface area contributed by atoms with Crippen molar-refractivity contribution in [1.82, 2.24) is 15.3 Å². The van der Waals surface area contributed by atoms with Gasteiger partial charge in [-0.25, -0.2) is 9.97 Å². The van der Waals surface area contributed by atoms with Gasteiger partial charge in [0, 0.05) is 38.7 Å². The Morgan fingerprint density at radius 1 is 1.31 bits per heavy atom. The Hall–Kier alpha value is -2.19. The Morgan fingerprint density at radius 2 is 2.27 bits per heavy atom. The lowest BCUT2D eigenvalue weighted by atomic mass is 10.2. The molecule has 0 bridgehead atoms. The van der Waals surface area contributed by atoms with Gasteiger partial charge in [0.25, 0.3) is 0 Å². The largest absolute Gasteiger partial charge is 0.376 e. The maximum absolute atomic E-state index is 5.73. The topological polar surface area (TPSA) is 74.7 Å². The van der Waals surface area contributed by atoms with Crippen molar-refractivity contribution in [3.8, 4) is 11.4 Å². The number of aromatic nitrogens is 2. The van der Waals surface area contributed by atoms with Crippen molar-refractivity contribution in [2.24, 2.45) is 4.99 Å². The molecule has 0 aromatic carbocycles. The first-order valence-electron chi connectivity index (χ1n) is 9.09. The van der Waals surface area contributed by atoms with E-state index in [2.05, 4.69) is 32.6 Å². The monoisotopic (exact) mass is 372 g/mol. The van der Waals surface area contributed by atoms with Crippen LogP contribution >= 0.6 is 11.3 Å². The number of nitrogens with zero attached hydrogens (tertiary/aromatic N) is 4. The van der Waals surface area contributed by atoms with E-state index in [1.165, 1.54) is 0 Å². The van der Waals surface area contributed by atoms with Crippen LogP contribution in [0.25, 0.3) is 11.4 Å². The Kier molecular flexibility index (Phi) is 5.31. The highest BCUT2D eigenvalue weighted by molar-refractivity contribution is 7.14. The minimum Gasteiger partial charge on any atom is -0.376 e. The number of guanidine groups is 1. The van der Waals surface area contributed by atoms with Crippen molar-refractivity contribution in [2.45, 2.75) is 25.4 Å². The van der Waals surface area contributed by atoms with Gasteiger partial charge in [0.05, 0.1) is 11.8 Å². The molecule has 8 heteroatoms. The van der Waals surface area contributed by atoms with Crippen LogP contribution in [-0.4, -0.2) is 55.3 Å². The van der Waals surface area contributed by atoms with Gasteiger partial charge in [-0.3, -0.25) is 4.99 Å². The van der Waals surface area contributed by atoms with Crippen molar-refractivity contribution in [2.75, 3.05) is 43.5 Å². The molecule has 0 spiro atoms. The molecule has 1 saturated heterocycles. The Labute approximate surface area is 157 Å². The van der Waals surface area contributed by atoms with Gasteiger partial charge in [-0.2, -0.15) is 0 Å². The van der Waals surface area contributed by atoms with Gasteiger partial charge in [-0.15, -0.1) is 11.3 Å². The number of pyridine rings is 1. The minimum absolute atomic E-state index is 0.310. The van der Waals surface area contributed by atoms with Gasteiger partial charge in [-0.05, 0) is 31.4 Å². The van der Waals surface area contributed by atoms with Crippen LogP contribution in [0.15, 0.2) is 28.6 Å². The summed E-state index contributed by atoms with van der Waals surface area (Å²) in [6.45, 7) is 3.55. The summed E-state index contributed by atoms with van der Waals surface area (Å²) in [5.41, 5.74) is 1.76. The number of anilines is 2. The molecule has 4 heterocycles. The second kappa shape index (κ2) is 8.01. The van der Waals surface area contributed by atoms with E-state index in [4.69, 9.17) is 9.72 Å². The van der Waals surface area contributed by atoms with Crippen LogP contribution in [0.2, 0.25) is 0 Å². The molecule has 4 rings (SSSR count). The molecule has 26 heavy (non-hydrogen) atoms. The third kappa shape index (κ3) is 4.13. The normalized spacial score (nSPS) is 19.7. The van der Waals surface area contributed by atoms with Crippen molar-refractivity contribution in [3.05, 3.63) is 23.6 Å². The number of nitrogens with one attached hydrogen (secondary N) is 2. The molecular weight excluding hydrogens is 348 g/mol. The molecule has 7 nitrogen and oxygen atoms in total. The Balaban J connectivity index is 1.45. The predicted octanol–water partition coefficient (Wildman–Crippen LogP) is 2.58. The average Bonchev–Trinajstić information content (AvgIpc) is 3.35. The molecular formula is C18H24N6OS. The van der Waals surface area contributed by atoms with Crippen LogP contribution in [0, 0.1) is 0 Å². The fourth-order valence-corrected chi connectivity index (χ4v) is 3.84. The summed E-state index contributed by atoms with van der Waals surface area (Å²) >= 11 is 1.56. The van der Waals surface area contributed by atoms with E-state index in [-0.39, 0.29) is 0 Å². The molecule has 2 N–H and O–H groups in total. The summed E-state index contributed by atoms with van der Waals surface area (Å²) in [5, 5.41) is 9.35. The summed E-state index contributed by atoms with van der Waals surface area (Å²) in [4.78, 5) is 16.0. The predicted molar refractivity (Wildman–Crippen MR) is 106 cm³/mol. The van der Waals surface area contributed by atoms with Gasteiger partial charge in [0.15, 0.2) is 11.1 Å². The lowest BCUT2D eigenvalue weighted by Crippen LogP contribution is -2.35. The number of aliphatic imine (C=N–C) groups is 1. The highest BCUT2D eigenvalue weighted by Gasteiger charge is 2.18. The minimum atomic E-state index is 0.310. The highest BCUT2D eigenvalue weighted by Crippen LogP contribution is 2.25. The van der Waals surface area contributed by atoms with Crippen LogP contribution < -0.4 is 15.5 Å². The van der Waals surface area contributed by atoms with E-state index in [9.17, 15) is 0 Å². The highest BCUT2D eigenvalue weighted by atomic mass is 32.1. The number of ether oxygens (including phenoxy) is 1. The second-order valence-corrected chi connectivity index (χ2v) is 7.43. The Bertz CT molecular complexity index is 771. The van der Waals surface area contributed by atoms with E-state index in [0.29, 0.717) is 6.10 Å². The fourth-order valence-electron chi connectivity index (χ4n) is 3.13. The molecule has 0 amide bonds. The van der Waals surface area contributed by atoms with Crippen molar-refractivity contribution >= 4 is 28.2 Å². The quantitative estimate of drug-likeness (QED) is 0.840. The number of likely N-dealkylation sites (N-methyl/N-ethyl adjacent to an activating group) is 1. The molecule has 2 aromatic heterocycles. The van der Waals surface area contributed by atoms with E-state index in [1.54, 1.807) is 11.3 Å². The zero-order valence-electron chi connectivity index (χ0n) is 14.9. The Morgan fingerprint density at radius 3 is 3.08 bits per heavy atom. The average molecular weight is 372 g/mol. The summed E-state index contributed by atoms with van der Waals surface area (Å²) in [6.07, 6.45) is 3.66. The van der Waals surface area contributed by atoms with E-state index >= 15 is 0 Å². The van der Waals surface area contributed by atoms with Crippen LogP contribution in [0.4, 0.5) is 10.9 Å². The summed E-state index contributed by atoms with van der Waals surface area (Å²) in [5.74, 6) is 1.74. The van der Waals surface area contributed by atoms with Crippen molar-refractivity contribution in [1.29, 1.82) is 0 Å². The van der Waals surface area contributed by atoms with Crippen molar-refractivity contribution < 1.29 is 4.74 Å². The molecule has 1 atom stereocenters. The molecule has 1 fully saturated rings. The molecule has 1 unspecified atom stereocenters. The van der Waals surface area contributed by atoms with Crippen molar-refractivity contribution in [3.63, 3.8) is 0 Å². The van der Waals surface area contributed by atoms with Crippen LogP contribution in [0.3, 0.4) is 0 Å². The SMILES string of the molecule is CN(CC1CCCO1)c1cccc(-c2csc(NC3=NCCCN3)n2)n1. The van der Waals surface area contributed by atoms with E-state index in [1.807, 2.05) is 23.6 Å². The van der Waals surface area contributed by atoms with Crippen LogP contribution in [-0.2, 0) is 4.74 Å². The number of thiazole rings is 1. The first kappa shape index (κ1) is 17.2. The standard InChI is InChI=1S/C18H24N6OS/c1-24(11-13-5-3-10-25-13)16-7-2-6-14(21-16)15-12-26-18(22-15)23-17-19-8-4-9-20-17/h2,6-7,12-13H,3-5,8-11H2,1H3,(H2,19,20,22,23). The van der Waals surface area contributed by atoms with Gasteiger partial charge in [-0.1, -0.05) is 6.07 Å². The van der Waals surface area contributed by atoms with Crippen LogP contribution in [0.5, 0.6) is 0 Å². The molecule has 0 radical (unpaired) electrons. The molecule has 2 aliphatic rings. The third-order valence-corrected chi connectivity index (χ3v) is 5.27. The number of rotatable bonds is 5. The van der Waals surface area contributed by atoms with Gasteiger partial charge in [0.1, 0.15) is 11.5 Å². The summed E-state index contributed by atoms with van der Waals surface area (Å²) in [6, 6.07) is 6.06. The lowest BCUT2D eigenvalue weighted by Gasteiger charge is -2.22. The number of hydrogen-bond donors (Lipinski definition) is 2. The number of hydrogen-bond acceptors (Lipinski definition) is 8. The first-order valence-corrected chi connectivity index (χ1v) is 9.97. The molecule has 2 aromatic rings. The summed E-state index contributed by atoms with van der Waals surface area (Å²) in [7, 11) is 2.06. The van der Waals surface area contributed by atoms with E-state index < -0.39 is 0 Å². The van der Waals surface area contributed by atoms with E-state index in [0.717, 1.165) is 73.8 Å². The smallest absolute Gasteiger partial charge is 0.197 e. The summed E-state index contributed by atoms with van der Waals surface area (Å²) < 4.78 is 5.73. The van der Waals surface area contributed by atoms with Gasteiger partial charge < -0.3 is 20.3 Å². The fraction of sp³-hybridized carbons (Fsp3) is 0.500. The second-order valence-electron chi connectivity index (χ2n) is 6.57. The zero-order valence-corrected chi connectivity index (χ0v) is 15.8. The molecule has 0 saturated carbocycles. The van der Waals surface area contributed by atoms with Crippen LogP contribution in [0.1, 0.15) is 19.3 Å². The maximum Gasteiger partial charge on any atom is 0.197 e. The van der Waals surface area contributed by atoms with Gasteiger partial charge in [0.2, 0.25) is 0 Å². The molecule has 2 aliphatic heterocycles. The maximum atomic E-state index is 5.73. The van der Waals surface area contributed by atoms with Gasteiger partial charge >= 0.3 is 0 Å². The third-order valence-electron chi connectivity index (χ3n) is 4.52. The lowest BCUT2D eigenvalue weighted by molar-refractivity contribution is 0.116. The zero-order chi connectivity index (χ0) is 17.8. The molecule has 0 aliphatic carbocycles. The first-order chi connectivity index (χ1) is 12.8. The molecule has 138 valence electrons.